The summed E-state index contributed by atoms with van der Waals surface area (Å²) in [6.45, 7) is 0. The fraction of sp³-hybridized carbons (Fsp3) is 0.0556. The molecule has 0 radical (unpaired) electrons. The van der Waals surface area contributed by atoms with E-state index < -0.39 is 0 Å². The molecule has 134 valence electrons. The summed E-state index contributed by atoms with van der Waals surface area (Å²) in [5.41, 5.74) is 2.88. The number of hydrogen-bond acceptors (Lipinski definition) is 7. The minimum absolute atomic E-state index is 0.152. The van der Waals surface area contributed by atoms with Gasteiger partial charge in [-0.1, -0.05) is 12.1 Å². The van der Waals surface area contributed by atoms with Gasteiger partial charge in [0, 0.05) is 27.4 Å². The largest absolute Gasteiger partial charge is 0.297 e. The molecule has 0 atom stereocenters. The summed E-state index contributed by atoms with van der Waals surface area (Å²) < 4.78 is 2.01. The molecule has 4 aromatic heterocycles. The number of nitrogens with one attached hydrogen (secondary N) is 1. The maximum atomic E-state index is 12.6. The van der Waals surface area contributed by atoms with Crippen molar-refractivity contribution in [2.45, 2.75) is 4.90 Å². The molecule has 0 unspecified atom stereocenters. The first kappa shape index (κ1) is 16.9. The second-order valence-electron chi connectivity index (χ2n) is 5.69. The first-order valence-electron chi connectivity index (χ1n) is 7.97. The number of hydrogen-bond donors (Lipinski definition) is 1. The van der Waals surface area contributed by atoms with E-state index in [1.54, 1.807) is 23.1 Å². The lowest BCUT2D eigenvalue weighted by atomic mass is 10.2. The van der Waals surface area contributed by atoms with Gasteiger partial charge in [0.1, 0.15) is 4.83 Å². The number of nitrogens with zero attached hydrogens (tertiary/aromatic N) is 3. The summed E-state index contributed by atoms with van der Waals surface area (Å²) in [5.74, 6) is -0.152. The van der Waals surface area contributed by atoms with E-state index in [-0.39, 0.29) is 5.91 Å². The van der Waals surface area contributed by atoms with Crippen molar-refractivity contribution < 1.29 is 4.79 Å². The number of carbonyl (C=O) groups excluding carboxylic acids is 1. The van der Waals surface area contributed by atoms with E-state index in [1.807, 2.05) is 39.6 Å². The number of imidazole rings is 1. The maximum absolute atomic E-state index is 12.6. The molecule has 1 N–H and O–H groups in total. The van der Waals surface area contributed by atoms with Gasteiger partial charge in [-0.2, -0.15) is 0 Å². The number of carbonyl (C=O) groups is 1. The Morgan fingerprint density at radius 2 is 2.04 bits per heavy atom. The number of fused-ring (bicyclic) bond motifs is 3. The van der Waals surface area contributed by atoms with E-state index in [2.05, 4.69) is 33.7 Å². The van der Waals surface area contributed by atoms with Gasteiger partial charge in [0.15, 0.2) is 10.1 Å². The zero-order valence-corrected chi connectivity index (χ0v) is 17.3. The maximum Gasteiger partial charge on any atom is 0.267 e. The Bertz CT molecular complexity index is 1260. The van der Waals surface area contributed by atoms with Crippen LogP contribution in [-0.4, -0.2) is 26.5 Å². The predicted octanol–water partition coefficient (Wildman–Crippen LogP) is 5.71. The minimum atomic E-state index is -0.152. The van der Waals surface area contributed by atoms with Crippen molar-refractivity contribution >= 4 is 72.1 Å². The second kappa shape index (κ2) is 6.75. The number of amides is 1. The van der Waals surface area contributed by atoms with E-state index >= 15 is 0 Å². The second-order valence-corrected chi connectivity index (χ2v) is 9.33. The lowest BCUT2D eigenvalue weighted by molar-refractivity contribution is 0.103. The quantitative estimate of drug-likeness (QED) is 0.373. The van der Waals surface area contributed by atoms with Crippen LogP contribution in [-0.2, 0) is 0 Å². The Morgan fingerprint density at radius 1 is 1.19 bits per heavy atom. The average molecular weight is 429 g/mol. The van der Waals surface area contributed by atoms with Gasteiger partial charge in [-0.05, 0) is 24.5 Å². The molecule has 5 nitrogen and oxygen atoms in total. The van der Waals surface area contributed by atoms with Gasteiger partial charge in [-0.3, -0.25) is 14.5 Å². The highest BCUT2D eigenvalue weighted by molar-refractivity contribution is 7.98. The molecule has 1 aromatic carbocycles. The number of thioether (sulfide) groups is 1. The molecular formula is C18H12N4OS4. The zero-order valence-electron chi connectivity index (χ0n) is 14.0. The fourth-order valence-electron chi connectivity index (χ4n) is 2.74. The molecule has 0 fully saturated rings. The number of anilines is 1. The third kappa shape index (κ3) is 3.06. The van der Waals surface area contributed by atoms with Crippen LogP contribution in [0.4, 0.5) is 5.13 Å². The highest BCUT2D eigenvalue weighted by Gasteiger charge is 2.16. The third-order valence-electron chi connectivity index (χ3n) is 4.07. The Hall–Kier alpha value is -2.20. The van der Waals surface area contributed by atoms with Crippen LogP contribution >= 0.6 is 45.8 Å². The van der Waals surface area contributed by atoms with Crippen molar-refractivity contribution in [2.24, 2.45) is 0 Å². The summed E-state index contributed by atoms with van der Waals surface area (Å²) in [4.78, 5) is 25.4. The normalized spacial score (nSPS) is 11.4. The molecule has 0 aliphatic heterocycles. The van der Waals surface area contributed by atoms with Gasteiger partial charge in [0.2, 0.25) is 0 Å². The van der Waals surface area contributed by atoms with E-state index in [4.69, 9.17) is 0 Å². The zero-order chi connectivity index (χ0) is 18.4. The molecule has 0 aliphatic carbocycles. The predicted molar refractivity (Wildman–Crippen MR) is 116 cm³/mol. The lowest BCUT2D eigenvalue weighted by Crippen LogP contribution is -2.09. The molecule has 9 heteroatoms. The van der Waals surface area contributed by atoms with Gasteiger partial charge in [0.05, 0.1) is 16.1 Å². The Labute approximate surface area is 170 Å². The highest BCUT2D eigenvalue weighted by Crippen LogP contribution is 2.30. The van der Waals surface area contributed by atoms with Crippen LogP contribution in [0.5, 0.6) is 0 Å². The Balaban J connectivity index is 1.37. The van der Waals surface area contributed by atoms with Crippen molar-refractivity contribution in [1.29, 1.82) is 0 Å². The van der Waals surface area contributed by atoms with Crippen LogP contribution in [0.1, 0.15) is 9.67 Å². The van der Waals surface area contributed by atoms with Crippen molar-refractivity contribution in [3.63, 3.8) is 0 Å². The minimum Gasteiger partial charge on any atom is -0.297 e. The van der Waals surface area contributed by atoms with E-state index in [0.717, 1.165) is 26.6 Å². The van der Waals surface area contributed by atoms with Gasteiger partial charge in [0.25, 0.3) is 5.91 Å². The molecule has 1 amide bonds. The molecule has 0 aliphatic rings. The molecule has 5 rings (SSSR count). The van der Waals surface area contributed by atoms with Crippen molar-refractivity contribution in [1.82, 2.24) is 14.4 Å². The number of thiazole rings is 2. The summed E-state index contributed by atoms with van der Waals surface area (Å²) in [6, 6.07) is 10.1. The van der Waals surface area contributed by atoms with Gasteiger partial charge in [-0.25, -0.2) is 9.97 Å². The number of benzene rings is 1. The first-order chi connectivity index (χ1) is 13.2. The first-order valence-corrected chi connectivity index (χ1v) is 11.8. The summed E-state index contributed by atoms with van der Waals surface area (Å²) in [7, 11) is 0. The van der Waals surface area contributed by atoms with E-state index in [0.29, 0.717) is 10.0 Å². The third-order valence-corrected chi connectivity index (χ3v) is 7.35. The Morgan fingerprint density at radius 3 is 2.85 bits per heavy atom. The van der Waals surface area contributed by atoms with Crippen molar-refractivity contribution in [2.75, 3.05) is 11.6 Å². The molecule has 5 aromatic rings. The summed E-state index contributed by atoms with van der Waals surface area (Å²) in [6.07, 6.45) is 4.02. The molecule has 27 heavy (non-hydrogen) atoms. The van der Waals surface area contributed by atoms with Crippen molar-refractivity contribution in [3.05, 3.63) is 52.2 Å². The summed E-state index contributed by atoms with van der Waals surface area (Å²) >= 11 is 6.12. The van der Waals surface area contributed by atoms with Crippen LogP contribution in [0, 0.1) is 0 Å². The Kier molecular flexibility index (Phi) is 4.24. The molecule has 0 bridgehead atoms. The fourth-order valence-corrected chi connectivity index (χ4v) is 5.56. The van der Waals surface area contributed by atoms with Gasteiger partial charge < -0.3 is 0 Å². The standard InChI is InChI=1S/C18H12N4OS4/c1-24-11-4-2-10(3-5-11)12-9-26-17(19-12)20-15(23)14-8-13-16(27-14)21-18-22(13)6-7-25-18/h2-9H,1H3,(H,19,20,23). The van der Waals surface area contributed by atoms with Crippen LogP contribution in [0.3, 0.4) is 0 Å². The highest BCUT2D eigenvalue weighted by atomic mass is 32.2. The summed E-state index contributed by atoms with van der Waals surface area (Å²) in [5, 5.41) is 7.45. The van der Waals surface area contributed by atoms with Crippen LogP contribution in [0.25, 0.3) is 26.6 Å². The topological polar surface area (TPSA) is 59.3 Å². The monoisotopic (exact) mass is 428 g/mol. The SMILES string of the molecule is CSc1ccc(-c2csc(NC(=O)c3cc4c(nc5sccn54)s3)n2)cc1. The molecular weight excluding hydrogens is 416 g/mol. The molecule has 4 heterocycles. The number of aromatic nitrogens is 3. The lowest BCUT2D eigenvalue weighted by Gasteiger charge is -2.00. The molecule has 0 saturated heterocycles. The van der Waals surface area contributed by atoms with Crippen molar-refractivity contribution in [3.8, 4) is 11.3 Å². The van der Waals surface area contributed by atoms with E-state index in [9.17, 15) is 4.79 Å². The van der Waals surface area contributed by atoms with Gasteiger partial charge >= 0.3 is 0 Å². The van der Waals surface area contributed by atoms with Crippen LogP contribution in [0.15, 0.2) is 52.2 Å². The van der Waals surface area contributed by atoms with Crippen LogP contribution in [0.2, 0.25) is 0 Å². The number of rotatable bonds is 4. The van der Waals surface area contributed by atoms with Gasteiger partial charge in [-0.15, -0.1) is 45.8 Å². The molecule has 0 saturated carbocycles. The average Bonchev–Trinajstić information content (AvgIpc) is 3.43. The van der Waals surface area contributed by atoms with Crippen LogP contribution < -0.4 is 5.32 Å². The molecule has 0 spiro atoms. The number of thiophene rings is 1. The van der Waals surface area contributed by atoms with E-state index in [1.165, 1.54) is 27.6 Å². The smallest absolute Gasteiger partial charge is 0.267 e.